The third kappa shape index (κ3) is 4.04. The second kappa shape index (κ2) is 8.04. The van der Waals surface area contributed by atoms with E-state index in [1.165, 1.54) is 0 Å². The predicted molar refractivity (Wildman–Crippen MR) is 102 cm³/mol. The maximum absolute atomic E-state index is 12.7. The van der Waals surface area contributed by atoms with Crippen LogP contribution in [0.15, 0.2) is 42.5 Å². The molecule has 0 atom stereocenters. The van der Waals surface area contributed by atoms with Crippen molar-refractivity contribution in [1.29, 1.82) is 0 Å². The van der Waals surface area contributed by atoms with E-state index < -0.39 is 0 Å². The molecule has 1 saturated heterocycles. The van der Waals surface area contributed by atoms with Crippen LogP contribution in [-0.4, -0.2) is 36.4 Å². The van der Waals surface area contributed by atoms with Gasteiger partial charge in [0.2, 0.25) is 0 Å². The Morgan fingerprint density at radius 3 is 2.35 bits per heavy atom. The van der Waals surface area contributed by atoms with Crippen LogP contribution in [0, 0.1) is 13.8 Å². The second-order valence-electron chi connectivity index (χ2n) is 6.60. The minimum atomic E-state index is -0.283. The number of hydrogen-bond acceptors (Lipinski definition) is 3. The molecule has 1 fully saturated rings. The zero-order chi connectivity index (χ0) is 18.5. The fourth-order valence-electron chi connectivity index (χ4n) is 3.22. The number of benzene rings is 2. The van der Waals surface area contributed by atoms with Gasteiger partial charge in [-0.1, -0.05) is 30.3 Å². The summed E-state index contributed by atoms with van der Waals surface area (Å²) in [5, 5.41) is 2.81. The Hall–Kier alpha value is -2.82. The molecule has 0 aliphatic carbocycles. The third-order valence-electron chi connectivity index (χ3n) is 4.58. The number of aryl methyl sites for hydroxylation is 2. The highest BCUT2D eigenvalue weighted by atomic mass is 16.5. The van der Waals surface area contributed by atoms with Crippen molar-refractivity contribution in [3.63, 3.8) is 0 Å². The molecule has 5 heteroatoms. The van der Waals surface area contributed by atoms with Gasteiger partial charge in [-0.2, -0.15) is 0 Å². The molecule has 1 N–H and O–H groups in total. The summed E-state index contributed by atoms with van der Waals surface area (Å²) in [6.07, 6.45) is 2.06. The molecule has 5 nitrogen and oxygen atoms in total. The topological polar surface area (TPSA) is 58.6 Å². The monoisotopic (exact) mass is 352 g/mol. The summed E-state index contributed by atoms with van der Waals surface area (Å²) in [5.41, 5.74) is 3.03. The molecule has 2 aromatic rings. The van der Waals surface area contributed by atoms with Gasteiger partial charge in [0.25, 0.3) is 11.8 Å². The Morgan fingerprint density at radius 2 is 1.65 bits per heavy atom. The highest BCUT2D eigenvalue weighted by molar-refractivity contribution is 6.04. The van der Waals surface area contributed by atoms with Crippen LogP contribution in [-0.2, 0) is 4.79 Å². The molecule has 0 radical (unpaired) electrons. The minimum absolute atomic E-state index is 0.0333. The SMILES string of the molecule is Cc1cccc(C)c1OCC(=O)Nc1ccccc1C(=O)N1CCCC1. The van der Waals surface area contributed by atoms with Crippen LogP contribution in [0.2, 0.25) is 0 Å². The maximum atomic E-state index is 12.7. The molecule has 1 aliphatic heterocycles. The zero-order valence-electron chi connectivity index (χ0n) is 15.2. The lowest BCUT2D eigenvalue weighted by molar-refractivity contribution is -0.118. The summed E-state index contributed by atoms with van der Waals surface area (Å²) in [6, 6.07) is 13.0. The molecule has 0 saturated carbocycles. The fourth-order valence-corrected chi connectivity index (χ4v) is 3.22. The van der Waals surface area contributed by atoms with Gasteiger partial charge in [0.05, 0.1) is 11.3 Å². The summed E-state index contributed by atoms with van der Waals surface area (Å²) in [6.45, 7) is 5.35. The summed E-state index contributed by atoms with van der Waals surface area (Å²) in [5.74, 6) is 0.410. The number of likely N-dealkylation sites (tertiary alicyclic amines) is 1. The normalized spacial score (nSPS) is 13.5. The number of hydrogen-bond donors (Lipinski definition) is 1. The first-order valence-corrected chi connectivity index (χ1v) is 8.93. The molecular weight excluding hydrogens is 328 g/mol. The van der Waals surface area contributed by atoms with Gasteiger partial charge in [-0.05, 0) is 49.9 Å². The number of carbonyl (C=O) groups excluding carboxylic acids is 2. The number of anilines is 1. The molecule has 136 valence electrons. The van der Waals surface area contributed by atoms with E-state index in [0.717, 1.165) is 42.8 Å². The molecule has 1 aliphatic rings. The van der Waals surface area contributed by atoms with Crippen molar-refractivity contribution in [2.24, 2.45) is 0 Å². The number of para-hydroxylation sites is 2. The summed E-state index contributed by atoms with van der Waals surface area (Å²) < 4.78 is 5.69. The van der Waals surface area contributed by atoms with Crippen molar-refractivity contribution in [3.05, 3.63) is 59.2 Å². The van der Waals surface area contributed by atoms with Crippen molar-refractivity contribution in [2.75, 3.05) is 25.0 Å². The van der Waals surface area contributed by atoms with Gasteiger partial charge in [0.15, 0.2) is 6.61 Å². The third-order valence-corrected chi connectivity index (χ3v) is 4.58. The molecule has 26 heavy (non-hydrogen) atoms. The van der Waals surface area contributed by atoms with Gasteiger partial charge in [-0.15, -0.1) is 0 Å². The smallest absolute Gasteiger partial charge is 0.262 e. The number of carbonyl (C=O) groups is 2. The summed E-state index contributed by atoms with van der Waals surface area (Å²) in [7, 11) is 0. The van der Waals surface area contributed by atoms with Crippen LogP contribution in [0.1, 0.15) is 34.3 Å². The largest absolute Gasteiger partial charge is 0.483 e. The Bertz CT molecular complexity index is 790. The van der Waals surface area contributed by atoms with Gasteiger partial charge >= 0.3 is 0 Å². The molecule has 0 aromatic heterocycles. The molecule has 0 bridgehead atoms. The Labute approximate surface area is 154 Å². The molecular formula is C21H24N2O3. The lowest BCUT2D eigenvalue weighted by Gasteiger charge is -2.18. The number of nitrogens with zero attached hydrogens (tertiary/aromatic N) is 1. The fraction of sp³-hybridized carbons (Fsp3) is 0.333. The number of rotatable bonds is 5. The molecule has 0 unspecified atom stereocenters. The van der Waals surface area contributed by atoms with Crippen LogP contribution in [0.5, 0.6) is 5.75 Å². The lowest BCUT2D eigenvalue weighted by atomic mass is 10.1. The number of ether oxygens (including phenoxy) is 1. The Balaban J connectivity index is 1.67. The average molecular weight is 352 g/mol. The highest BCUT2D eigenvalue weighted by Gasteiger charge is 2.22. The van der Waals surface area contributed by atoms with Crippen molar-refractivity contribution >= 4 is 17.5 Å². The molecule has 2 aromatic carbocycles. The first-order valence-electron chi connectivity index (χ1n) is 8.93. The predicted octanol–water partition coefficient (Wildman–Crippen LogP) is 3.56. The quantitative estimate of drug-likeness (QED) is 0.895. The van der Waals surface area contributed by atoms with Gasteiger partial charge in [0, 0.05) is 13.1 Å². The van der Waals surface area contributed by atoms with E-state index in [1.54, 1.807) is 12.1 Å². The van der Waals surface area contributed by atoms with Crippen molar-refractivity contribution in [3.8, 4) is 5.75 Å². The van der Waals surface area contributed by atoms with Gasteiger partial charge in [-0.3, -0.25) is 9.59 Å². The van der Waals surface area contributed by atoms with E-state index in [2.05, 4.69) is 5.32 Å². The first kappa shape index (κ1) is 18.0. The number of amides is 2. The summed E-state index contributed by atoms with van der Waals surface area (Å²) in [4.78, 5) is 26.8. The number of nitrogens with one attached hydrogen (secondary N) is 1. The van der Waals surface area contributed by atoms with Gasteiger partial charge < -0.3 is 15.0 Å². The van der Waals surface area contributed by atoms with Crippen LogP contribution >= 0.6 is 0 Å². The van der Waals surface area contributed by atoms with Crippen molar-refractivity contribution in [1.82, 2.24) is 4.90 Å². The minimum Gasteiger partial charge on any atom is -0.483 e. The van der Waals surface area contributed by atoms with E-state index in [9.17, 15) is 9.59 Å². The maximum Gasteiger partial charge on any atom is 0.262 e. The molecule has 3 rings (SSSR count). The van der Waals surface area contributed by atoms with Gasteiger partial charge in [-0.25, -0.2) is 0 Å². The average Bonchev–Trinajstić information content (AvgIpc) is 3.16. The Kier molecular flexibility index (Phi) is 5.56. The molecule has 2 amide bonds. The first-order chi connectivity index (χ1) is 12.6. The van der Waals surface area contributed by atoms with Crippen LogP contribution in [0.4, 0.5) is 5.69 Å². The van der Waals surface area contributed by atoms with Gasteiger partial charge in [0.1, 0.15) is 5.75 Å². The molecule has 1 heterocycles. The Morgan fingerprint density at radius 1 is 1.00 bits per heavy atom. The van der Waals surface area contributed by atoms with E-state index in [1.807, 2.05) is 49.1 Å². The van der Waals surface area contributed by atoms with Crippen molar-refractivity contribution in [2.45, 2.75) is 26.7 Å². The van der Waals surface area contributed by atoms with E-state index in [4.69, 9.17) is 4.74 Å². The van der Waals surface area contributed by atoms with Crippen LogP contribution < -0.4 is 10.1 Å². The van der Waals surface area contributed by atoms with Crippen LogP contribution in [0.25, 0.3) is 0 Å². The van der Waals surface area contributed by atoms with Crippen molar-refractivity contribution < 1.29 is 14.3 Å². The standard InChI is InChI=1S/C21H24N2O3/c1-15-8-7-9-16(2)20(15)26-14-19(24)22-18-11-4-3-10-17(18)21(25)23-12-5-6-13-23/h3-4,7-11H,5-6,12-14H2,1-2H3,(H,22,24). The van der Waals surface area contributed by atoms with E-state index in [0.29, 0.717) is 11.3 Å². The lowest BCUT2D eigenvalue weighted by Crippen LogP contribution is -2.29. The highest BCUT2D eigenvalue weighted by Crippen LogP contribution is 2.23. The summed E-state index contributed by atoms with van der Waals surface area (Å²) >= 11 is 0. The van der Waals surface area contributed by atoms with E-state index in [-0.39, 0.29) is 18.4 Å². The van der Waals surface area contributed by atoms with Crippen LogP contribution in [0.3, 0.4) is 0 Å². The zero-order valence-corrected chi connectivity index (χ0v) is 15.2. The van der Waals surface area contributed by atoms with E-state index >= 15 is 0 Å². The second-order valence-corrected chi connectivity index (χ2v) is 6.60. The molecule has 0 spiro atoms.